The molecular formula is C13H26N2O2. The molecule has 0 aromatic carbocycles. The zero-order chi connectivity index (χ0) is 12.7. The molecule has 0 spiro atoms. The van der Waals surface area contributed by atoms with Crippen LogP contribution in [0.2, 0.25) is 0 Å². The molecule has 0 radical (unpaired) electrons. The number of nitrogens with zero attached hydrogens (tertiary/aromatic N) is 1. The van der Waals surface area contributed by atoms with Crippen molar-refractivity contribution in [1.29, 1.82) is 0 Å². The molecule has 2 N–H and O–H groups in total. The lowest BCUT2D eigenvalue weighted by Crippen LogP contribution is -2.32. The van der Waals surface area contributed by atoms with Crippen LogP contribution in [0.1, 0.15) is 39.5 Å². The molecule has 1 aliphatic rings. The van der Waals surface area contributed by atoms with Crippen LogP contribution in [0.5, 0.6) is 0 Å². The summed E-state index contributed by atoms with van der Waals surface area (Å²) in [6.45, 7) is 7.68. The molecule has 0 bridgehead atoms. The number of amides is 1. The molecule has 1 saturated heterocycles. The van der Waals surface area contributed by atoms with Crippen molar-refractivity contribution in [3.63, 3.8) is 0 Å². The van der Waals surface area contributed by atoms with Gasteiger partial charge in [0.1, 0.15) is 0 Å². The summed E-state index contributed by atoms with van der Waals surface area (Å²) in [5.74, 6) is 0.737. The lowest BCUT2D eigenvalue weighted by atomic mass is 10.1. The summed E-state index contributed by atoms with van der Waals surface area (Å²) in [6, 6.07) is 0.611. The normalized spacial score (nSPS) is 21.1. The number of hydrogen-bond acceptors (Lipinski definition) is 3. The van der Waals surface area contributed by atoms with Gasteiger partial charge in [0.25, 0.3) is 0 Å². The molecule has 4 heteroatoms. The van der Waals surface area contributed by atoms with Crippen LogP contribution in [-0.2, 0) is 4.79 Å². The highest BCUT2D eigenvalue weighted by Gasteiger charge is 2.24. The van der Waals surface area contributed by atoms with Gasteiger partial charge in [0.05, 0.1) is 0 Å². The first-order valence-electron chi connectivity index (χ1n) is 6.75. The van der Waals surface area contributed by atoms with Crippen LogP contribution in [0.15, 0.2) is 0 Å². The summed E-state index contributed by atoms with van der Waals surface area (Å²) in [5.41, 5.74) is 0. The van der Waals surface area contributed by atoms with Crippen LogP contribution in [-0.4, -0.2) is 48.2 Å². The maximum absolute atomic E-state index is 11.5. The van der Waals surface area contributed by atoms with Gasteiger partial charge in [-0.05, 0) is 45.6 Å². The van der Waals surface area contributed by atoms with Gasteiger partial charge in [-0.1, -0.05) is 0 Å². The molecule has 1 amide bonds. The Morgan fingerprint density at radius 1 is 1.47 bits per heavy atom. The fourth-order valence-corrected chi connectivity index (χ4v) is 2.24. The number of unbranched alkanes of at least 4 members (excludes halogenated alkanes) is 1. The third-order valence-electron chi connectivity index (χ3n) is 3.45. The topological polar surface area (TPSA) is 52.6 Å². The second kappa shape index (κ2) is 7.67. The van der Waals surface area contributed by atoms with Gasteiger partial charge in [-0.15, -0.1) is 0 Å². The van der Waals surface area contributed by atoms with E-state index in [-0.39, 0.29) is 12.5 Å². The van der Waals surface area contributed by atoms with E-state index >= 15 is 0 Å². The van der Waals surface area contributed by atoms with Crippen LogP contribution in [0.4, 0.5) is 0 Å². The van der Waals surface area contributed by atoms with E-state index in [1.54, 1.807) is 0 Å². The summed E-state index contributed by atoms with van der Waals surface area (Å²) in [4.78, 5) is 13.9. The molecule has 0 aromatic heterocycles. The number of hydrogen-bond donors (Lipinski definition) is 2. The monoisotopic (exact) mass is 242 g/mol. The van der Waals surface area contributed by atoms with Crippen molar-refractivity contribution in [3.8, 4) is 0 Å². The van der Waals surface area contributed by atoms with Gasteiger partial charge in [-0.2, -0.15) is 0 Å². The third-order valence-corrected chi connectivity index (χ3v) is 3.45. The minimum Gasteiger partial charge on any atom is -0.396 e. The zero-order valence-electron chi connectivity index (χ0n) is 11.1. The van der Waals surface area contributed by atoms with Gasteiger partial charge in [-0.3, -0.25) is 4.79 Å². The van der Waals surface area contributed by atoms with Crippen LogP contribution in [0.3, 0.4) is 0 Å². The van der Waals surface area contributed by atoms with Gasteiger partial charge in [0.15, 0.2) is 0 Å². The first-order chi connectivity index (χ1) is 8.13. The summed E-state index contributed by atoms with van der Waals surface area (Å²) >= 11 is 0. The van der Waals surface area contributed by atoms with E-state index in [9.17, 15) is 4.79 Å². The van der Waals surface area contributed by atoms with Gasteiger partial charge in [0, 0.05) is 32.2 Å². The minimum atomic E-state index is 0.126. The molecule has 0 aliphatic carbocycles. The number of aliphatic hydroxyl groups is 1. The summed E-state index contributed by atoms with van der Waals surface area (Å²) in [7, 11) is 0. The lowest BCUT2D eigenvalue weighted by Gasteiger charge is -2.20. The fraction of sp³-hybridized carbons (Fsp3) is 0.923. The second-order valence-electron chi connectivity index (χ2n) is 5.23. The predicted molar refractivity (Wildman–Crippen MR) is 68.8 cm³/mol. The lowest BCUT2D eigenvalue weighted by molar-refractivity contribution is -0.121. The number of carbonyl (C=O) groups is 1. The Kier molecular flexibility index (Phi) is 6.52. The van der Waals surface area contributed by atoms with E-state index in [0.29, 0.717) is 18.4 Å². The van der Waals surface area contributed by atoms with Gasteiger partial charge in [-0.25, -0.2) is 0 Å². The van der Waals surface area contributed by atoms with E-state index in [0.717, 1.165) is 32.5 Å². The van der Waals surface area contributed by atoms with E-state index < -0.39 is 0 Å². The number of aliphatic hydroxyl groups excluding tert-OH is 1. The Labute approximate surface area is 104 Å². The largest absolute Gasteiger partial charge is 0.396 e. The van der Waals surface area contributed by atoms with Crippen molar-refractivity contribution >= 4 is 5.91 Å². The van der Waals surface area contributed by atoms with Gasteiger partial charge in [0.2, 0.25) is 5.91 Å². The maximum Gasteiger partial charge on any atom is 0.220 e. The number of likely N-dealkylation sites (tertiary alicyclic amines) is 1. The standard InChI is InChI=1S/C13H26N2O2/c1-11(2)15-7-6-12(10-15)9-14-13(17)5-3-4-8-16/h11-12,16H,3-10H2,1-2H3,(H,14,17). The average molecular weight is 242 g/mol. The summed E-state index contributed by atoms with van der Waals surface area (Å²) < 4.78 is 0. The first kappa shape index (κ1) is 14.5. The molecule has 17 heavy (non-hydrogen) atoms. The van der Waals surface area contributed by atoms with E-state index in [1.165, 1.54) is 6.42 Å². The summed E-state index contributed by atoms with van der Waals surface area (Å²) in [5, 5.41) is 11.6. The Hall–Kier alpha value is -0.610. The van der Waals surface area contributed by atoms with Crippen molar-refractivity contribution in [1.82, 2.24) is 10.2 Å². The Balaban J connectivity index is 2.09. The molecule has 1 rings (SSSR count). The van der Waals surface area contributed by atoms with Crippen molar-refractivity contribution < 1.29 is 9.90 Å². The van der Waals surface area contributed by atoms with Crippen LogP contribution >= 0.6 is 0 Å². The quantitative estimate of drug-likeness (QED) is 0.655. The highest BCUT2D eigenvalue weighted by molar-refractivity contribution is 5.75. The molecule has 4 nitrogen and oxygen atoms in total. The molecule has 1 heterocycles. The van der Waals surface area contributed by atoms with Crippen molar-refractivity contribution in [2.45, 2.75) is 45.6 Å². The average Bonchev–Trinajstić information content (AvgIpc) is 2.75. The molecule has 1 atom stereocenters. The smallest absolute Gasteiger partial charge is 0.220 e. The number of rotatable bonds is 7. The molecule has 1 fully saturated rings. The summed E-state index contributed by atoms with van der Waals surface area (Å²) in [6.07, 6.45) is 3.24. The molecule has 0 aromatic rings. The second-order valence-corrected chi connectivity index (χ2v) is 5.23. The maximum atomic E-state index is 11.5. The highest BCUT2D eigenvalue weighted by Crippen LogP contribution is 2.17. The van der Waals surface area contributed by atoms with Crippen molar-refractivity contribution in [2.75, 3.05) is 26.2 Å². The van der Waals surface area contributed by atoms with Crippen LogP contribution in [0, 0.1) is 5.92 Å². The Morgan fingerprint density at radius 3 is 2.82 bits per heavy atom. The SMILES string of the molecule is CC(C)N1CCC(CNC(=O)CCCCO)C1. The van der Waals surface area contributed by atoms with Gasteiger partial charge >= 0.3 is 0 Å². The Bertz CT molecular complexity index is 231. The van der Waals surface area contributed by atoms with E-state index in [1.807, 2.05) is 0 Å². The van der Waals surface area contributed by atoms with Crippen LogP contribution in [0.25, 0.3) is 0 Å². The Morgan fingerprint density at radius 2 is 2.24 bits per heavy atom. The fourth-order valence-electron chi connectivity index (χ4n) is 2.24. The first-order valence-corrected chi connectivity index (χ1v) is 6.75. The molecule has 100 valence electrons. The van der Waals surface area contributed by atoms with E-state index in [2.05, 4.69) is 24.1 Å². The predicted octanol–water partition coefficient (Wildman–Crippen LogP) is 0.995. The van der Waals surface area contributed by atoms with E-state index in [4.69, 9.17) is 5.11 Å². The highest BCUT2D eigenvalue weighted by atomic mass is 16.2. The number of nitrogens with one attached hydrogen (secondary N) is 1. The molecular weight excluding hydrogens is 216 g/mol. The molecule has 0 saturated carbocycles. The number of carbonyl (C=O) groups excluding carboxylic acids is 1. The van der Waals surface area contributed by atoms with Crippen LogP contribution < -0.4 is 5.32 Å². The molecule has 1 unspecified atom stereocenters. The third kappa shape index (κ3) is 5.50. The zero-order valence-corrected chi connectivity index (χ0v) is 11.1. The van der Waals surface area contributed by atoms with Gasteiger partial charge < -0.3 is 15.3 Å². The molecule has 1 aliphatic heterocycles. The van der Waals surface area contributed by atoms with Crippen molar-refractivity contribution in [2.24, 2.45) is 5.92 Å². The van der Waals surface area contributed by atoms with Crippen molar-refractivity contribution in [3.05, 3.63) is 0 Å². The minimum absolute atomic E-state index is 0.126.